The van der Waals surface area contributed by atoms with Gasteiger partial charge < -0.3 is 9.15 Å². The van der Waals surface area contributed by atoms with Crippen molar-refractivity contribution in [2.24, 2.45) is 0 Å². The predicted octanol–water partition coefficient (Wildman–Crippen LogP) is 2.64. The lowest BCUT2D eigenvalue weighted by molar-refractivity contribution is -0.128. The maximum absolute atomic E-state index is 10.3. The minimum atomic E-state index is -0.103. The molecule has 1 unspecified atom stereocenters. The highest BCUT2D eigenvalue weighted by Gasteiger charge is 2.11. The zero-order valence-electron chi connectivity index (χ0n) is 9.73. The number of oxazole rings is 1. The minimum absolute atomic E-state index is 0.103. The third-order valence-corrected chi connectivity index (χ3v) is 2.50. The van der Waals surface area contributed by atoms with Gasteiger partial charge in [0.15, 0.2) is 6.39 Å². The van der Waals surface area contributed by atoms with Gasteiger partial charge in [0, 0.05) is 0 Å². The zero-order valence-corrected chi connectivity index (χ0v) is 9.73. The topological polar surface area (TPSA) is 52.3 Å². The minimum Gasteiger partial charge on any atom is -0.467 e. The number of rotatable bonds is 6. The fourth-order valence-electron chi connectivity index (χ4n) is 1.58. The maximum atomic E-state index is 10.3. The van der Waals surface area contributed by atoms with Gasteiger partial charge >= 0.3 is 0 Å². The van der Waals surface area contributed by atoms with Crippen molar-refractivity contribution in [3.8, 4) is 0 Å². The fraction of sp³-hybridized carbons (Fsp3) is 0.143. The van der Waals surface area contributed by atoms with Crippen LogP contribution in [0.4, 0.5) is 0 Å². The molecule has 92 valence electrons. The molecule has 0 spiro atoms. The van der Waals surface area contributed by atoms with Crippen molar-refractivity contribution in [1.29, 1.82) is 0 Å². The third-order valence-electron chi connectivity index (χ3n) is 2.50. The Balaban J connectivity index is 2.10. The van der Waals surface area contributed by atoms with E-state index < -0.39 is 0 Å². The molecule has 1 aromatic heterocycles. The van der Waals surface area contributed by atoms with Gasteiger partial charge in [-0.15, -0.1) is 0 Å². The molecule has 2 aromatic rings. The number of carbonyl (C=O) groups excluding carboxylic acids is 1. The molecule has 0 bridgehead atoms. The number of ether oxygens (including phenoxy) is 1. The van der Waals surface area contributed by atoms with Crippen LogP contribution >= 0.6 is 0 Å². The first-order chi connectivity index (χ1) is 8.90. The summed E-state index contributed by atoms with van der Waals surface area (Å²) in [5.74, 6) is -0.103. The Morgan fingerprint density at radius 2 is 2.17 bits per heavy atom. The Hall–Kier alpha value is -2.36. The third kappa shape index (κ3) is 3.31. The summed E-state index contributed by atoms with van der Waals surface area (Å²) in [6, 6.07) is 9.88. The van der Waals surface area contributed by atoms with E-state index in [1.165, 1.54) is 6.39 Å². The van der Waals surface area contributed by atoms with Gasteiger partial charge in [0.05, 0.1) is 11.6 Å². The molecule has 1 aromatic carbocycles. The SMILES string of the molecule is O=COCC(C=Cc1ccccc1)c1cocn1. The van der Waals surface area contributed by atoms with Crippen molar-refractivity contribution in [1.82, 2.24) is 4.98 Å². The Bertz CT molecular complexity index is 491. The van der Waals surface area contributed by atoms with E-state index in [0.29, 0.717) is 6.47 Å². The summed E-state index contributed by atoms with van der Waals surface area (Å²) in [6.07, 6.45) is 6.82. The second-order valence-corrected chi connectivity index (χ2v) is 3.72. The maximum Gasteiger partial charge on any atom is 0.293 e. The van der Waals surface area contributed by atoms with Crippen LogP contribution in [-0.4, -0.2) is 18.1 Å². The van der Waals surface area contributed by atoms with Crippen LogP contribution in [0.3, 0.4) is 0 Å². The molecule has 4 nitrogen and oxygen atoms in total. The number of nitrogens with zero attached hydrogens (tertiary/aromatic N) is 1. The van der Waals surface area contributed by atoms with Crippen LogP contribution < -0.4 is 0 Å². The van der Waals surface area contributed by atoms with Gasteiger partial charge in [0.25, 0.3) is 6.47 Å². The van der Waals surface area contributed by atoms with E-state index in [1.54, 1.807) is 6.26 Å². The summed E-state index contributed by atoms with van der Waals surface area (Å²) in [5.41, 5.74) is 1.82. The average Bonchev–Trinajstić information content (AvgIpc) is 2.94. The summed E-state index contributed by atoms with van der Waals surface area (Å²) in [7, 11) is 0. The van der Waals surface area contributed by atoms with Gasteiger partial charge in [-0.25, -0.2) is 4.98 Å². The zero-order chi connectivity index (χ0) is 12.6. The van der Waals surface area contributed by atoms with Gasteiger partial charge in [0.2, 0.25) is 0 Å². The molecular weight excluding hydrogens is 230 g/mol. The molecule has 0 radical (unpaired) electrons. The van der Waals surface area contributed by atoms with Crippen molar-refractivity contribution in [2.75, 3.05) is 6.61 Å². The quantitative estimate of drug-likeness (QED) is 0.732. The monoisotopic (exact) mass is 243 g/mol. The van der Waals surface area contributed by atoms with E-state index in [0.717, 1.165) is 11.3 Å². The molecule has 0 saturated carbocycles. The molecule has 2 rings (SSSR count). The van der Waals surface area contributed by atoms with Gasteiger partial charge in [-0.1, -0.05) is 42.5 Å². The van der Waals surface area contributed by atoms with Crippen molar-refractivity contribution < 1.29 is 13.9 Å². The molecule has 0 aliphatic carbocycles. The molecule has 0 aliphatic heterocycles. The fourth-order valence-corrected chi connectivity index (χ4v) is 1.58. The Morgan fingerprint density at radius 1 is 1.33 bits per heavy atom. The number of benzene rings is 1. The Kier molecular flexibility index (Phi) is 4.30. The second kappa shape index (κ2) is 6.39. The number of carbonyl (C=O) groups is 1. The molecular formula is C14H13NO3. The Labute approximate surface area is 105 Å². The molecule has 0 aliphatic rings. The van der Waals surface area contributed by atoms with E-state index in [4.69, 9.17) is 9.15 Å². The normalized spacial score (nSPS) is 12.4. The van der Waals surface area contributed by atoms with Crippen LogP contribution in [0.2, 0.25) is 0 Å². The Morgan fingerprint density at radius 3 is 2.83 bits per heavy atom. The first-order valence-corrected chi connectivity index (χ1v) is 5.56. The summed E-state index contributed by atoms with van der Waals surface area (Å²) < 4.78 is 9.73. The summed E-state index contributed by atoms with van der Waals surface area (Å²) in [6.45, 7) is 0.683. The van der Waals surface area contributed by atoms with Gasteiger partial charge in [0.1, 0.15) is 12.9 Å². The smallest absolute Gasteiger partial charge is 0.293 e. The number of hydrogen-bond acceptors (Lipinski definition) is 4. The molecule has 0 fully saturated rings. The summed E-state index contributed by atoms with van der Waals surface area (Å²) >= 11 is 0. The number of hydrogen-bond donors (Lipinski definition) is 0. The second-order valence-electron chi connectivity index (χ2n) is 3.72. The lowest BCUT2D eigenvalue weighted by atomic mass is 10.1. The van der Waals surface area contributed by atoms with Gasteiger partial charge in [-0.2, -0.15) is 0 Å². The van der Waals surface area contributed by atoms with Crippen LogP contribution in [0.15, 0.2) is 53.5 Å². The molecule has 0 N–H and O–H groups in total. The van der Waals surface area contributed by atoms with Crippen molar-refractivity contribution >= 4 is 12.5 Å². The highest BCUT2D eigenvalue weighted by atomic mass is 16.5. The van der Waals surface area contributed by atoms with Crippen LogP contribution in [0.1, 0.15) is 17.2 Å². The van der Waals surface area contributed by atoms with E-state index in [-0.39, 0.29) is 12.5 Å². The summed E-state index contributed by atoms with van der Waals surface area (Å²) in [4.78, 5) is 14.3. The van der Waals surface area contributed by atoms with Gasteiger partial charge in [-0.05, 0) is 5.56 Å². The highest BCUT2D eigenvalue weighted by Crippen LogP contribution is 2.17. The van der Waals surface area contributed by atoms with Gasteiger partial charge in [-0.3, -0.25) is 4.79 Å². The predicted molar refractivity (Wildman–Crippen MR) is 66.7 cm³/mol. The molecule has 0 saturated heterocycles. The molecule has 18 heavy (non-hydrogen) atoms. The van der Waals surface area contributed by atoms with E-state index >= 15 is 0 Å². The molecule has 0 amide bonds. The molecule has 1 atom stereocenters. The summed E-state index contributed by atoms with van der Waals surface area (Å²) in [5, 5.41) is 0. The van der Waals surface area contributed by atoms with Crippen LogP contribution in [0.5, 0.6) is 0 Å². The lowest BCUT2D eigenvalue weighted by Gasteiger charge is -2.07. The van der Waals surface area contributed by atoms with Crippen molar-refractivity contribution in [3.05, 3.63) is 60.3 Å². The van der Waals surface area contributed by atoms with E-state index in [1.807, 2.05) is 42.5 Å². The average molecular weight is 243 g/mol. The standard InChI is InChI=1S/C14H13NO3/c16-11-18-8-13(14-9-17-10-15-14)7-6-12-4-2-1-3-5-12/h1-7,9-11,13H,8H2. The van der Waals surface area contributed by atoms with E-state index in [2.05, 4.69) is 4.98 Å². The van der Waals surface area contributed by atoms with E-state index in [9.17, 15) is 4.79 Å². The van der Waals surface area contributed by atoms with Crippen LogP contribution in [0.25, 0.3) is 6.08 Å². The van der Waals surface area contributed by atoms with Crippen LogP contribution in [0, 0.1) is 0 Å². The van der Waals surface area contributed by atoms with Crippen molar-refractivity contribution in [2.45, 2.75) is 5.92 Å². The first-order valence-electron chi connectivity index (χ1n) is 5.56. The lowest BCUT2D eigenvalue weighted by Crippen LogP contribution is -2.05. The number of aromatic nitrogens is 1. The highest BCUT2D eigenvalue weighted by molar-refractivity contribution is 5.50. The van der Waals surface area contributed by atoms with Crippen LogP contribution in [-0.2, 0) is 9.53 Å². The molecule has 4 heteroatoms. The molecule has 1 heterocycles. The van der Waals surface area contributed by atoms with Crippen molar-refractivity contribution in [3.63, 3.8) is 0 Å². The largest absolute Gasteiger partial charge is 0.467 e. The first kappa shape index (κ1) is 12.1.